The molecule has 0 bridgehead atoms. The lowest BCUT2D eigenvalue weighted by Gasteiger charge is -1.98. The first-order valence-electron chi connectivity index (χ1n) is 6.18. The summed E-state index contributed by atoms with van der Waals surface area (Å²) in [6.07, 6.45) is 0. The number of rotatable bonds is 1. The summed E-state index contributed by atoms with van der Waals surface area (Å²) in [5.41, 5.74) is 0.0636. The van der Waals surface area contributed by atoms with Crippen molar-refractivity contribution in [3.8, 4) is 0 Å². The van der Waals surface area contributed by atoms with Gasteiger partial charge in [-0.3, -0.25) is 14.4 Å². The van der Waals surface area contributed by atoms with Crippen LogP contribution in [-0.2, 0) is 0 Å². The van der Waals surface area contributed by atoms with Gasteiger partial charge in [-0.1, -0.05) is 24.3 Å². The van der Waals surface area contributed by atoms with E-state index in [4.69, 9.17) is 0 Å². The molecule has 20 heavy (non-hydrogen) atoms. The summed E-state index contributed by atoms with van der Waals surface area (Å²) in [5, 5.41) is 0.814. The molecule has 2 aromatic carbocycles. The number of nitrogens with one attached hydrogen (secondary N) is 1. The second-order valence-electron chi connectivity index (χ2n) is 4.61. The van der Waals surface area contributed by atoms with Crippen molar-refractivity contribution >= 4 is 27.5 Å². The number of Topliss-reactive ketones (excluding diaryl/α,β-unsaturated/α-hetero) is 1. The summed E-state index contributed by atoms with van der Waals surface area (Å²) in [6, 6.07) is 11.5. The van der Waals surface area contributed by atoms with Gasteiger partial charge >= 0.3 is 0 Å². The largest absolute Gasteiger partial charge is 0.321 e. The molecule has 0 spiro atoms. The third-order valence-electron chi connectivity index (χ3n) is 3.34. The van der Waals surface area contributed by atoms with Crippen LogP contribution >= 0.6 is 0 Å². The van der Waals surface area contributed by atoms with Crippen LogP contribution < -0.4 is 11.0 Å². The minimum Gasteiger partial charge on any atom is -0.321 e. The molecule has 1 aromatic heterocycles. The van der Waals surface area contributed by atoms with Gasteiger partial charge in [0.05, 0.1) is 10.9 Å². The molecular weight excluding hydrogens is 254 g/mol. The van der Waals surface area contributed by atoms with Gasteiger partial charge in [-0.15, -0.1) is 0 Å². The van der Waals surface area contributed by atoms with Gasteiger partial charge in [-0.05, 0) is 25.1 Å². The molecule has 98 valence electrons. The molecule has 0 saturated carbocycles. The monoisotopic (exact) mass is 265 g/mol. The highest BCUT2D eigenvalue weighted by atomic mass is 16.1. The van der Waals surface area contributed by atoms with Crippen LogP contribution in [0.1, 0.15) is 17.3 Å². The first kappa shape index (κ1) is 12.3. The molecule has 0 unspecified atom stereocenters. The number of aromatic nitrogens is 1. The minimum absolute atomic E-state index is 0.183. The molecule has 3 aromatic rings. The summed E-state index contributed by atoms with van der Waals surface area (Å²) >= 11 is 0. The van der Waals surface area contributed by atoms with Crippen LogP contribution in [0.3, 0.4) is 0 Å². The fourth-order valence-corrected chi connectivity index (χ4v) is 2.39. The predicted octanol–water partition coefficient (Wildman–Crippen LogP) is 2.24. The van der Waals surface area contributed by atoms with Gasteiger partial charge in [0.25, 0.3) is 5.56 Å². The van der Waals surface area contributed by atoms with Gasteiger partial charge in [0.2, 0.25) is 0 Å². The fourth-order valence-electron chi connectivity index (χ4n) is 2.39. The topological polar surface area (TPSA) is 67.0 Å². The van der Waals surface area contributed by atoms with Crippen LogP contribution in [-0.4, -0.2) is 10.8 Å². The lowest BCUT2D eigenvalue weighted by atomic mass is 10.0. The highest BCUT2D eigenvalue weighted by Crippen LogP contribution is 2.14. The molecular formula is C16H11NO3. The first-order valence-corrected chi connectivity index (χ1v) is 6.18. The maximum atomic E-state index is 12.7. The minimum atomic E-state index is -0.374. The molecule has 4 heteroatoms. The second kappa shape index (κ2) is 4.42. The number of hydrogen-bond acceptors (Lipinski definition) is 3. The molecule has 0 aliphatic rings. The number of para-hydroxylation sites is 1. The third kappa shape index (κ3) is 1.73. The van der Waals surface area contributed by atoms with Gasteiger partial charge in [0.1, 0.15) is 0 Å². The zero-order chi connectivity index (χ0) is 14.3. The predicted molar refractivity (Wildman–Crippen MR) is 78.3 cm³/mol. The number of ketones is 1. The van der Waals surface area contributed by atoms with Gasteiger partial charge < -0.3 is 4.98 Å². The quantitative estimate of drug-likeness (QED) is 0.686. The summed E-state index contributed by atoms with van der Waals surface area (Å²) in [4.78, 5) is 39.3. The molecule has 0 aliphatic carbocycles. The van der Waals surface area contributed by atoms with E-state index in [9.17, 15) is 14.4 Å². The van der Waals surface area contributed by atoms with Crippen molar-refractivity contribution in [2.24, 2.45) is 0 Å². The highest BCUT2D eigenvalue weighted by molar-refractivity contribution is 6.08. The van der Waals surface area contributed by atoms with E-state index in [2.05, 4.69) is 4.98 Å². The molecule has 0 radical (unpaired) electrons. The molecule has 0 saturated heterocycles. The Balaban J connectivity index is 2.76. The Morgan fingerprint density at radius 2 is 1.65 bits per heavy atom. The molecule has 4 nitrogen and oxygen atoms in total. The Bertz CT molecular complexity index is 970. The standard InChI is InChI=1S/C16H11NO3/c1-9(18)10-6-4-7-12-14(10)15(19)11-5-2-3-8-13(11)17-16(12)20/h2-8H,1H3,(H,17,20). The fraction of sp³-hybridized carbons (Fsp3) is 0.0625. The number of aromatic amines is 1. The van der Waals surface area contributed by atoms with Crippen molar-refractivity contribution in [1.29, 1.82) is 0 Å². The van der Waals surface area contributed by atoms with Crippen LogP contribution in [0.25, 0.3) is 21.7 Å². The van der Waals surface area contributed by atoms with E-state index >= 15 is 0 Å². The summed E-state index contributed by atoms with van der Waals surface area (Å²) < 4.78 is 0. The highest BCUT2D eigenvalue weighted by Gasteiger charge is 2.12. The third-order valence-corrected chi connectivity index (χ3v) is 3.34. The van der Waals surface area contributed by atoms with Gasteiger partial charge in [-0.25, -0.2) is 0 Å². The smallest absolute Gasteiger partial charge is 0.256 e. The molecule has 1 heterocycles. The van der Waals surface area contributed by atoms with E-state index in [1.165, 1.54) is 6.92 Å². The van der Waals surface area contributed by atoms with Crippen molar-refractivity contribution in [2.75, 3.05) is 0 Å². The van der Waals surface area contributed by atoms with Gasteiger partial charge in [0.15, 0.2) is 11.2 Å². The SMILES string of the molecule is CC(=O)c1cccc2c(=O)[nH]c3ccccc3c(=O)c12. The van der Waals surface area contributed by atoms with Crippen molar-refractivity contribution in [3.63, 3.8) is 0 Å². The average Bonchev–Trinajstić information content (AvgIpc) is 2.55. The van der Waals surface area contributed by atoms with Crippen LogP contribution in [0.2, 0.25) is 0 Å². The van der Waals surface area contributed by atoms with Crippen LogP contribution in [0.15, 0.2) is 52.1 Å². The summed E-state index contributed by atoms with van der Waals surface area (Å²) in [5.74, 6) is -0.234. The van der Waals surface area contributed by atoms with Crippen molar-refractivity contribution in [1.82, 2.24) is 4.98 Å². The van der Waals surface area contributed by atoms with Gasteiger partial charge in [0, 0.05) is 16.3 Å². The van der Waals surface area contributed by atoms with E-state index < -0.39 is 0 Å². The second-order valence-corrected chi connectivity index (χ2v) is 4.61. The van der Waals surface area contributed by atoms with E-state index in [1.54, 1.807) is 42.5 Å². The zero-order valence-electron chi connectivity index (χ0n) is 10.8. The van der Waals surface area contributed by atoms with Crippen molar-refractivity contribution < 1.29 is 4.79 Å². The molecule has 1 N–H and O–H groups in total. The van der Waals surface area contributed by atoms with E-state index in [-0.39, 0.29) is 33.1 Å². The maximum absolute atomic E-state index is 12.7. The Morgan fingerprint density at radius 3 is 2.40 bits per heavy atom. The lowest BCUT2D eigenvalue weighted by Crippen LogP contribution is -2.08. The van der Waals surface area contributed by atoms with Crippen LogP contribution in [0.5, 0.6) is 0 Å². The molecule has 0 amide bonds. The van der Waals surface area contributed by atoms with E-state index in [1.807, 2.05) is 0 Å². The Kier molecular flexibility index (Phi) is 2.71. The summed E-state index contributed by atoms with van der Waals surface area (Å²) in [7, 11) is 0. The van der Waals surface area contributed by atoms with Crippen LogP contribution in [0.4, 0.5) is 0 Å². The van der Waals surface area contributed by atoms with Crippen LogP contribution in [0, 0.1) is 0 Å². The number of carbonyl (C=O) groups excluding carboxylic acids is 1. The van der Waals surface area contributed by atoms with Crippen molar-refractivity contribution in [2.45, 2.75) is 6.92 Å². The number of hydrogen-bond donors (Lipinski definition) is 1. The molecule has 0 fully saturated rings. The lowest BCUT2D eigenvalue weighted by molar-refractivity contribution is 0.101. The zero-order valence-corrected chi connectivity index (χ0v) is 10.8. The first-order chi connectivity index (χ1) is 9.59. The average molecular weight is 265 g/mol. The Labute approximate surface area is 113 Å². The Morgan fingerprint density at radius 1 is 0.950 bits per heavy atom. The van der Waals surface area contributed by atoms with E-state index in [0.29, 0.717) is 10.9 Å². The van der Waals surface area contributed by atoms with Gasteiger partial charge in [-0.2, -0.15) is 0 Å². The molecule has 0 aliphatic heterocycles. The van der Waals surface area contributed by atoms with E-state index in [0.717, 1.165) is 0 Å². The Hall–Kier alpha value is -2.75. The molecule has 3 rings (SSSR count). The normalized spacial score (nSPS) is 10.8. The number of carbonyl (C=O) groups is 1. The number of benzene rings is 2. The number of H-pyrrole nitrogens is 1. The van der Waals surface area contributed by atoms with Crippen molar-refractivity contribution in [3.05, 3.63) is 68.6 Å². The number of fused-ring (bicyclic) bond motifs is 2. The maximum Gasteiger partial charge on any atom is 0.256 e. The molecule has 0 atom stereocenters. The summed E-state index contributed by atoms with van der Waals surface area (Å²) in [6.45, 7) is 1.39.